The van der Waals surface area contributed by atoms with Crippen molar-refractivity contribution in [3.8, 4) is 5.88 Å². The zero-order valence-corrected chi connectivity index (χ0v) is 18.4. The molecule has 2 aromatic rings. The molecule has 2 atom stereocenters. The van der Waals surface area contributed by atoms with Crippen LogP contribution in [0, 0.1) is 11.6 Å². The van der Waals surface area contributed by atoms with E-state index in [4.69, 9.17) is 4.74 Å². The maximum Gasteiger partial charge on any atom is 0.303 e. The first-order valence-electron chi connectivity index (χ1n) is 9.21. The second-order valence-electron chi connectivity index (χ2n) is 6.91. The number of methoxy groups -OCH3 is 1. The summed E-state index contributed by atoms with van der Waals surface area (Å²) >= 11 is 1.04. The molecular weight excluding hydrogens is 436 g/mol. The first-order chi connectivity index (χ1) is 14.2. The molecule has 1 aliphatic heterocycles. The minimum Gasteiger partial charge on any atom is -0.481 e. The predicted molar refractivity (Wildman–Crippen MR) is 111 cm³/mol. The lowest BCUT2D eigenvalue weighted by atomic mass is 10.2. The lowest BCUT2D eigenvalue weighted by Crippen LogP contribution is -2.57. The summed E-state index contributed by atoms with van der Waals surface area (Å²) < 4.78 is 62.0. The highest BCUT2D eigenvalue weighted by Gasteiger charge is 2.32. The van der Waals surface area contributed by atoms with E-state index in [2.05, 4.69) is 20.0 Å². The number of rotatable bonds is 7. The molecule has 12 heteroatoms. The van der Waals surface area contributed by atoms with E-state index in [1.54, 1.807) is 0 Å². The molecule has 1 aromatic carbocycles. The van der Waals surface area contributed by atoms with Crippen LogP contribution >= 0.6 is 11.8 Å². The average molecular weight is 460 g/mol. The Bertz CT molecular complexity index is 1010. The Labute approximate surface area is 178 Å². The van der Waals surface area contributed by atoms with Crippen LogP contribution in [0.4, 0.5) is 14.6 Å². The molecule has 0 bridgehead atoms. The molecule has 2 unspecified atom stereocenters. The summed E-state index contributed by atoms with van der Waals surface area (Å²) in [6.07, 6.45) is 0. The van der Waals surface area contributed by atoms with Gasteiger partial charge in [0.1, 0.15) is 5.82 Å². The molecule has 8 nitrogen and oxygen atoms in total. The fourth-order valence-corrected chi connectivity index (χ4v) is 5.22. The molecule has 1 fully saturated rings. The number of nitrogens with one attached hydrogen (secondary N) is 2. The zero-order valence-electron chi connectivity index (χ0n) is 16.7. The van der Waals surface area contributed by atoms with Crippen molar-refractivity contribution < 1.29 is 21.9 Å². The molecule has 1 aromatic heterocycles. The van der Waals surface area contributed by atoms with Gasteiger partial charge in [0.05, 0.1) is 7.11 Å². The second kappa shape index (κ2) is 9.41. The largest absolute Gasteiger partial charge is 0.481 e. The van der Waals surface area contributed by atoms with Gasteiger partial charge in [0.25, 0.3) is 0 Å². The predicted octanol–water partition coefficient (Wildman–Crippen LogP) is 2.39. The molecule has 3 rings (SSSR count). The third kappa shape index (κ3) is 5.36. The van der Waals surface area contributed by atoms with Gasteiger partial charge in [0, 0.05) is 42.6 Å². The standard InChI is InChI=1S/C18H23F2N5O3S2/c1-11-9-25(12(2)8-21-11)30(26,27)24-15-7-16(28-3)23-18(22-15)29-10-13-5-4-6-14(19)17(13)20/h4-7,11-12,21H,8-10H2,1-3H3,(H,22,23,24). The number of piperazine rings is 1. The highest BCUT2D eigenvalue weighted by molar-refractivity contribution is 7.98. The van der Waals surface area contributed by atoms with Gasteiger partial charge in [-0.1, -0.05) is 23.9 Å². The first-order valence-corrected chi connectivity index (χ1v) is 11.6. The third-order valence-electron chi connectivity index (χ3n) is 4.53. The normalized spacial score (nSPS) is 20.2. The van der Waals surface area contributed by atoms with Crippen LogP contribution in [0.5, 0.6) is 5.88 Å². The van der Waals surface area contributed by atoms with Gasteiger partial charge in [-0.25, -0.2) is 13.8 Å². The van der Waals surface area contributed by atoms with Crippen LogP contribution in [-0.4, -0.2) is 55.0 Å². The molecule has 1 aliphatic rings. The summed E-state index contributed by atoms with van der Waals surface area (Å²) in [5.74, 6) is -1.63. The molecule has 0 spiro atoms. The maximum absolute atomic E-state index is 13.9. The summed E-state index contributed by atoms with van der Waals surface area (Å²) in [6, 6.07) is 5.06. The Morgan fingerprint density at radius 1 is 1.33 bits per heavy atom. The van der Waals surface area contributed by atoms with Crippen molar-refractivity contribution in [1.29, 1.82) is 0 Å². The minimum absolute atomic E-state index is 0.0185. The van der Waals surface area contributed by atoms with Gasteiger partial charge in [-0.05, 0) is 19.9 Å². The first kappa shape index (κ1) is 22.7. The fraction of sp³-hybridized carbons (Fsp3) is 0.444. The fourth-order valence-electron chi connectivity index (χ4n) is 2.94. The quantitative estimate of drug-likeness (QED) is 0.485. The number of hydrogen-bond acceptors (Lipinski definition) is 7. The lowest BCUT2D eigenvalue weighted by molar-refractivity contribution is 0.246. The van der Waals surface area contributed by atoms with Crippen LogP contribution < -0.4 is 14.8 Å². The molecule has 2 heterocycles. The van der Waals surface area contributed by atoms with Gasteiger partial charge >= 0.3 is 10.2 Å². The van der Waals surface area contributed by atoms with Crippen molar-refractivity contribution in [3.63, 3.8) is 0 Å². The molecule has 1 saturated heterocycles. The van der Waals surface area contributed by atoms with Gasteiger partial charge < -0.3 is 10.1 Å². The number of hydrogen-bond donors (Lipinski definition) is 2. The van der Waals surface area contributed by atoms with Crippen LogP contribution in [0.15, 0.2) is 29.4 Å². The number of thioether (sulfide) groups is 1. The van der Waals surface area contributed by atoms with E-state index in [1.807, 2.05) is 13.8 Å². The Morgan fingerprint density at radius 2 is 2.10 bits per heavy atom. The Morgan fingerprint density at radius 3 is 2.83 bits per heavy atom. The van der Waals surface area contributed by atoms with E-state index in [1.165, 1.54) is 29.6 Å². The molecule has 0 amide bonds. The van der Waals surface area contributed by atoms with Crippen molar-refractivity contribution >= 4 is 27.8 Å². The summed E-state index contributed by atoms with van der Waals surface area (Å²) in [5.41, 5.74) is 0.150. The maximum atomic E-state index is 13.9. The summed E-state index contributed by atoms with van der Waals surface area (Å²) in [6.45, 7) is 4.57. The molecule has 0 aliphatic carbocycles. The number of halogens is 2. The van der Waals surface area contributed by atoms with E-state index in [9.17, 15) is 17.2 Å². The lowest BCUT2D eigenvalue weighted by Gasteiger charge is -2.36. The second-order valence-corrected chi connectivity index (χ2v) is 9.48. The van der Waals surface area contributed by atoms with E-state index in [0.717, 1.165) is 17.8 Å². The van der Waals surface area contributed by atoms with E-state index in [-0.39, 0.29) is 40.3 Å². The molecule has 2 N–H and O–H groups in total. The summed E-state index contributed by atoms with van der Waals surface area (Å²) in [4.78, 5) is 8.34. The van der Waals surface area contributed by atoms with E-state index >= 15 is 0 Å². The highest BCUT2D eigenvalue weighted by atomic mass is 32.2. The van der Waals surface area contributed by atoms with Crippen molar-refractivity contribution in [2.45, 2.75) is 36.8 Å². The van der Waals surface area contributed by atoms with Crippen LogP contribution in [0.1, 0.15) is 19.4 Å². The monoisotopic (exact) mass is 459 g/mol. The van der Waals surface area contributed by atoms with Crippen molar-refractivity contribution in [3.05, 3.63) is 41.5 Å². The Balaban J connectivity index is 1.79. The van der Waals surface area contributed by atoms with Gasteiger partial charge in [-0.3, -0.25) is 4.72 Å². The average Bonchev–Trinajstić information content (AvgIpc) is 2.70. The summed E-state index contributed by atoms with van der Waals surface area (Å²) in [7, 11) is -2.47. The van der Waals surface area contributed by atoms with Gasteiger partial charge in [0.2, 0.25) is 5.88 Å². The number of anilines is 1. The molecule has 0 saturated carbocycles. The van der Waals surface area contributed by atoms with Crippen molar-refractivity contribution in [2.75, 3.05) is 24.9 Å². The topological polar surface area (TPSA) is 96.5 Å². The van der Waals surface area contributed by atoms with Crippen molar-refractivity contribution in [2.24, 2.45) is 0 Å². The molecular formula is C18H23F2N5O3S2. The highest BCUT2D eigenvalue weighted by Crippen LogP contribution is 2.26. The van der Waals surface area contributed by atoms with Gasteiger partial charge in [-0.2, -0.15) is 17.7 Å². The third-order valence-corrected chi connectivity index (χ3v) is 7.02. The van der Waals surface area contributed by atoms with Gasteiger partial charge in [-0.15, -0.1) is 0 Å². The van der Waals surface area contributed by atoms with E-state index < -0.39 is 21.8 Å². The number of ether oxygens (including phenoxy) is 1. The van der Waals surface area contributed by atoms with Crippen LogP contribution in [0.2, 0.25) is 0 Å². The SMILES string of the molecule is COc1cc(NS(=O)(=O)N2CC(C)NCC2C)nc(SCc2cccc(F)c2F)n1. The van der Waals surface area contributed by atoms with Crippen LogP contribution in [0.3, 0.4) is 0 Å². The number of aromatic nitrogens is 2. The van der Waals surface area contributed by atoms with Crippen LogP contribution in [-0.2, 0) is 16.0 Å². The molecule has 0 radical (unpaired) electrons. The van der Waals surface area contributed by atoms with Gasteiger partial charge in [0.15, 0.2) is 16.8 Å². The number of benzene rings is 1. The van der Waals surface area contributed by atoms with Crippen LogP contribution in [0.25, 0.3) is 0 Å². The smallest absolute Gasteiger partial charge is 0.303 e. The Kier molecular flexibility index (Phi) is 7.11. The van der Waals surface area contributed by atoms with Crippen molar-refractivity contribution in [1.82, 2.24) is 19.6 Å². The zero-order chi connectivity index (χ0) is 21.9. The Hall–Kier alpha value is -2.02. The summed E-state index contributed by atoms with van der Waals surface area (Å²) in [5, 5.41) is 3.39. The minimum atomic E-state index is -3.86. The number of nitrogens with zero attached hydrogens (tertiary/aromatic N) is 3. The molecule has 30 heavy (non-hydrogen) atoms. The van der Waals surface area contributed by atoms with E-state index in [0.29, 0.717) is 13.1 Å². The molecule has 164 valence electrons.